The average Bonchev–Trinajstić information content (AvgIpc) is 2.46. The minimum absolute atomic E-state index is 0.144. The van der Waals surface area contributed by atoms with E-state index in [4.69, 9.17) is 0 Å². The molecular formula is C14H18F3N3O. The molecular weight excluding hydrogens is 283 g/mol. The molecule has 0 aliphatic carbocycles. The van der Waals surface area contributed by atoms with Crippen molar-refractivity contribution < 1.29 is 18.0 Å². The van der Waals surface area contributed by atoms with E-state index in [-0.39, 0.29) is 17.5 Å². The number of hydrogen-bond acceptors (Lipinski definition) is 3. The number of carbonyl (C=O) groups is 1. The molecule has 1 fully saturated rings. The summed E-state index contributed by atoms with van der Waals surface area (Å²) in [7, 11) is 0. The van der Waals surface area contributed by atoms with Crippen molar-refractivity contribution in [1.82, 2.24) is 5.32 Å². The van der Waals surface area contributed by atoms with Gasteiger partial charge in [0.15, 0.2) is 0 Å². The number of hydrogen-bond donors (Lipinski definition) is 3. The zero-order valence-electron chi connectivity index (χ0n) is 11.5. The smallest absolute Gasteiger partial charge is 0.375 e. The van der Waals surface area contributed by atoms with Crippen molar-refractivity contribution in [3.05, 3.63) is 24.3 Å². The van der Waals surface area contributed by atoms with Gasteiger partial charge in [-0.25, -0.2) is 0 Å². The Labute approximate surface area is 121 Å². The number of rotatable bonds is 4. The van der Waals surface area contributed by atoms with Crippen LogP contribution in [-0.4, -0.2) is 31.7 Å². The molecule has 1 aromatic carbocycles. The summed E-state index contributed by atoms with van der Waals surface area (Å²) in [6, 6.07) is 6.40. The summed E-state index contributed by atoms with van der Waals surface area (Å²) >= 11 is 0. The first-order valence-electron chi connectivity index (χ1n) is 6.87. The Morgan fingerprint density at radius 1 is 1.29 bits per heavy atom. The summed E-state index contributed by atoms with van der Waals surface area (Å²) in [4.78, 5) is 12.1. The molecule has 1 atom stereocenters. The van der Waals surface area contributed by atoms with Crippen LogP contribution in [0.1, 0.15) is 12.8 Å². The summed E-state index contributed by atoms with van der Waals surface area (Å²) in [5.74, 6) is -0.308. The minimum Gasteiger partial charge on any atom is -0.375 e. The van der Waals surface area contributed by atoms with Crippen molar-refractivity contribution in [2.45, 2.75) is 19.0 Å². The van der Waals surface area contributed by atoms with Gasteiger partial charge in [0.25, 0.3) is 0 Å². The van der Waals surface area contributed by atoms with Crippen LogP contribution in [0.4, 0.5) is 24.5 Å². The molecule has 0 bridgehead atoms. The number of benzene rings is 1. The van der Waals surface area contributed by atoms with Gasteiger partial charge in [-0.3, -0.25) is 4.79 Å². The lowest BCUT2D eigenvalue weighted by atomic mass is 9.99. The lowest BCUT2D eigenvalue weighted by Gasteiger charge is -2.22. The first-order chi connectivity index (χ1) is 9.96. The highest BCUT2D eigenvalue weighted by Gasteiger charge is 2.27. The summed E-state index contributed by atoms with van der Waals surface area (Å²) in [5.41, 5.74) is 0.643. The van der Waals surface area contributed by atoms with Crippen LogP contribution < -0.4 is 16.0 Å². The highest BCUT2D eigenvalue weighted by molar-refractivity contribution is 5.95. The Morgan fingerprint density at radius 2 is 2.00 bits per heavy atom. The summed E-state index contributed by atoms with van der Waals surface area (Å²) < 4.78 is 36.8. The molecule has 2 rings (SSSR count). The van der Waals surface area contributed by atoms with Crippen molar-refractivity contribution in [3.8, 4) is 0 Å². The Balaban J connectivity index is 2.00. The third-order valence-electron chi connectivity index (χ3n) is 3.33. The van der Waals surface area contributed by atoms with E-state index in [1.807, 2.05) is 0 Å². The molecule has 0 radical (unpaired) electrons. The van der Waals surface area contributed by atoms with E-state index in [2.05, 4.69) is 16.0 Å². The van der Waals surface area contributed by atoms with Crippen LogP contribution in [0.25, 0.3) is 0 Å². The topological polar surface area (TPSA) is 53.2 Å². The zero-order valence-corrected chi connectivity index (χ0v) is 11.5. The number of para-hydroxylation sites is 2. The largest absolute Gasteiger partial charge is 0.405 e. The number of amides is 1. The molecule has 1 aromatic rings. The quantitative estimate of drug-likeness (QED) is 0.801. The maximum atomic E-state index is 12.3. The maximum absolute atomic E-state index is 12.3. The van der Waals surface area contributed by atoms with Gasteiger partial charge < -0.3 is 16.0 Å². The van der Waals surface area contributed by atoms with E-state index in [0.717, 1.165) is 19.4 Å². The predicted molar refractivity (Wildman–Crippen MR) is 75.2 cm³/mol. The van der Waals surface area contributed by atoms with Crippen molar-refractivity contribution in [1.29, 1.82) is 0 Å². The standard InChI is InChI=1S/C14H18F3N3O/c15-14(16,17)9-19-11-5-1-2-6-12(11)20-13(21)10-4-3-7-18-8-10/h1-2,5-6,10,18-19H,3-4,7-9H2,(H,20,21). The number of nitrogens with one attached hydrogen (secondary N) is 3. The molecule has 1 unspecified atom stereocenters. The van der Waals surface area contributed by atoms with Crippen LogP contribution in [-0.2, 0) is 4.79 Å². The first kappa shape index (κ1) is 15.6. The molecule has 0 aromatic heterocycles. The van der Waals surface area contributed by atoms with Crippen LogP contribution in [0.15, 0.2) is 24.3 Å². The maximum Gasteiger partial charge on any atom is 0.405 e. The molecule has 1 amide bonds. The molecule has 0 saturated carbocycles. The Hall–Kier alpha value is -1.76. The highest BCUT2D eigenvalue weighted by Crippen LogP contribution is 2.24. The second kappa shape index (κ2) is 6.80. The predicted octanol–water partition coefficient (Wildman–Crippen LogP) is 2.60. The second-order valence-corrected chi connectivity index (χ2v) is 5.05. The fourth-order valence-electron chi connectivity index (χ4n) is 2.25. The lowest BCUT2D eigenvalue weighted by Crippen LogP contribution is -2.37. The number of anilines is 2. The minimum atomic E-state index is -4.30. The Bertz CT molecular complexity index is 485. The third kappa shape index (κ3) is 4.93. The first-order valence-corrected chi connectivity index (χ1v) is 6.87. The molecule has 7 heteroatoms. The van der Waals surface area contributed by atoms with Gasteiger partial charge in [0, 0.05) is 6.54 Å². The van der Waals surface area contributed by atoms with Gasteiger partial charge >= 0.3 is 6.18 Å². The summed E-state index contributed by atoms with van der Waals surface area (Å²) in [6.45, 7) is 0.363. The van der Waals surface area contributed by atoms with Gasteiger partial charge in [0.2, 0.25) is 5.91 Å². The van der Waals surface area contributed by atoms with Crippen LogP contribution >= 0.6 is 0 Å². The van der Waals surface area contributed by atoms with E-state index >= 15 is 0 Å². The van der Waals surface area contributed by atoms with Gasteiger partial charge in [-0.15, -0.1) is 0 Å². The van der Waals surface area contributed by atoms with Gasteiger partial charge in [0.1, 0.15) is 6.54 Å². The molecule has 1 saturated heterocycles. The van der Waals surface area contributed by atoms with Gasteiger partial charge in [0.05, 0.1) is 17.3 Å². The van der Waals surface area contributed by atoms with E-state index in [9.17, 15) is 18.0 Å². The van der Waals surface area contributed by atoms with E-state index in [0.29, 0.717) is 12.2 Å². The molecule has 116 valence electrons. The van der Waals surface area contributed by atoms with Crippen LogP contribution in [0.2, 0.25) is 0 Å². The van der Waals surface area contributed by atoms with Crippen LogP contribution in [0.3, 0.4) is 0 Å². The van der Waals surface area contributed by atoms with Crippen molar-refractivity contribution in [2.75, 3.05) is 30.3 Å². The molecule has 21 heavy (non-hydrogen) atoms. The Kier molecular flexibility index (Phi) is 5.06. The number of carbonyl (C=O) groups excluding carboxylic acids is 1. The average molecular weight is 301 g/mol. The van der Waals surface area contributed by atoms with E-state index in [1.165, 1.54) is 6.07 Å². The van der Waals surface area contributed by atoms with E-state index < -0.39 is 12.7 Å². The number of piperidine rings is 1. The van der Waals surface area contributed by atoms with Crippen molar-refractivity contribution in [3.63, 3.8) is 0 Å². The van der Waals surface area contributed by atoms with Crippen molar-refractivity contribution in [2.24, 2.45) is 5.92 Å². The third-order valence-corrected chi connectivity index (χ3v) is 3.33. The fraction of sp³-hybridized carbons (Fsp3) is 0.500. The van der Waals surface area contributed by atoms with Crippen LogP contribution in [0, 0.1) is 5.92 Å². The number of alkyl halides is 3. The summed E-state index contributed by atoms with van der Waals surface area (Å²) in [6.07, 6.45) is -2.59. The zero-order chi connectivity index (χ0) is 15.3. The van der Waals surface area contributed by atoms with Gasteiger partial charge in [-0.2, -0.15) is 13.2 Å². The molecule has 0 spiro atoms. The lowest BCUT2D eigenvalue weighted by molar-refractivity contribution is -0.120. The summed E-state index contributed by atoms with van der Waals surface area (Å²) in [5, 5.41) is 8.15. The normalized spacial score (nSPS) is 19.1. The molecule has 1 heterocycles. The monoisotopic (exact) mass is 301 g/mol. The van der Waals surface area contributed by atoms with E-state index in [1.54, 1.807) is 18.2 Å². The van der Waals surface area contributed by atoms with Crippen LogP contribution in [0.5, 0.6) is 0 Å². The molecule has 1 aliphatic heterocycles. The van der Waals surface area contributed by atoms with Gasteiger partial charge in [-0.1, -0.05) is 12.1 Å². The number of halogens is 3. The molecule has 4 nitrogen and oxygen atoms in total. The second-order valence-electron chi connectivity index (χ2n) is 5.05. The van der Waals surface area contributed by atoms with Crippen molar-refractivity contribution >= 4 is 17.3 Å². The molecule has 3 N–H and O–H groups in total. The fourth-order valence-corrected chi connectivity index (χ4v) is 2.25. The SMILES string of the molecule is O=C(Nc1ccccc1NCC(F)(F)F)C1CCCNC1. The Morgan fingerprint density at radius 3 is 2.62 bits per heavy atom. The molecule has 1 aliphatic rings. The van der Waals surface area contributed by atoms with Gasteiger partial charge in [-0.05, 0) is 31.5 Å². The highest BCUT2D eigenvalue weighted by atomic mass is 19.4.